The molecular weight excluding hydrogens is 74.2 g/mol. The Morgan fingerprint density at radius 1 is 1.40 bits per heavy atom. The lowest BCUT2D eigenvalue weighted by Crippen LogP contribution is -1.83. The number of rotatable bonds is 1. The highest BCUT2D eigenvalue weighted by Crippen LogP contribution is 2.13. The van der Waals surface area contributed by atoms with Crippen LogP contribution in [0.5, 0.6) is 0 Å². The van der Waals surface area contributed by atoms with Gasteiger partial charge in [0.25, 0.3) is 0 Å². The van der Waals surface area contributed by atoms with Crippen LogP contribution in [0.2, 0.25) is 0 Å². The Hall–Kier alpha value is 0.690. The molecular formula is H7B4P. The van der Waals surface area contributed by atoms with Crippen molar-refractivity contribution in [3.05, 3.63) is 0 Å². The van der Waals surface area contributed by atoms with Gasteiger partial charge >= 0.3 is 0 Å². The molecule has 0 amide bonds. The zero-order chi connectivity index (χ0) is 4.28. The summed E-state index contributed by atoms with van der Waals surface area (Å²) in [6.07, 6.45) is 0. The largest absolute Gasteiger partial charge is 0.230 e. The summed E-state index contributed by atoms with van der Waals surface area (Å²) in [5.41, 5.74) is 0. The maximum absolute atomic E-state index is 2.29. The van der Waals surface area contributed by atoms with Crippen molar-refractivity contribution < 1.29 is 0 Å². The van der Waals surface area contributed by atoms with E-state index in [1.54, 1.807) is 0 Å². The van der Waals surface area contributed by atoms with Gasteiger partial charge < -0.3 is 0 Å². The molecule has 0 aromatic rings. The first kappa shape index (κ1) is 5.69. The highest BCUT2D eigenvalue weighted by Gasteiger charge is 1.82. The van der Waals surface area contributed by atoms with Gasteiger partial charge in [0.2, 0.25) is 0 Å². The van der Waals surface area contributed by atoms with E-state index in [1.807, 2.05) is 0 Å². The fraction of sp³-hybridized carbons (Fsp3) is 0. The summed E-state index contributed by atoms with van der Waals surface area (Å²) in [7, 11) is 7.20. The maximum Gasteiger partial charge on any atom is 0.113 e. The first-order chi connectivity index (χ1) is 2.27. The van der Waals surface area contributed by atoms with E-state index in [0.717, 1.165) is 0 Å². The monoisotopic (exact) mass is 82.1 g/mol. The minimum atomic E-state index is 0.402. The average molecular weight is 81.3 g/mol. The standard InChI is InChI=1S/B4H7P/c1-4-5(2)3/h4H,1-3H2. The van der Waals surface area contributed by atoms with Crippen LogP contribution in [0.15, 0.2) is 0 Å². The van der Waals surface area contributed by atoms with E-state index in [9.17, 15) is 0 Å². The van der Waals surface area contributed by atoms with E-state index in [1.165, 1.54) is 6.89 Å². The van der Waals surface area contributed by atoms with Crippen molar-refractivity contribution in [3.8, 4) is 0 Å². The summed E-state index contributed by atoms with van der Waals surface area (Å²) in [5.74, 6) is 0. The molecule has 0 bridgehead atoms. The lowest BCUT2D eigenvalue weighted by molar-refractivity contribution is 4.29. The summed E-state index contributed by atoms with van der Waals surface area (Å²) in [6.45, 7) is 1.37. The van der Waals surface area contributed by atoms with Gasteiger partial charge in [0.15, 0.2) is 0 Å². The minimum absolute atomic E-state index is 0.402. The minimum Gasteiger partial charge on any atom is -0.230 e. The molecule has 0 heterocycles. The molecule has 0 nitrogen and oxygen atoms in total. The van der Waals surface area contributed by atoms with Crippen molar-refractivity contribution in [3.63, 3.8) is 0 Å². The predicted molar refractivity (Wildman–Crippen MR) is 39.7 cm³/mol. The topological polar surface area (TPSA) is 0 Å². The molecule has 5 heteroatoms. The second-order valence-electron chi connectivity index (χ2n) is 1.40. The second kappa shape index (κ2) is 2.90. The van der Waals surface area contributed by atoms with Crippen LogP contribution in [0.1, 0.15) is 0 Å². The molecule has 0 N–H and O–H groups in total. The first-order valence-electron chi connectivity index (χ1n) is 1.92. The molecule has 0 aromatic carbocycles. The highest BCUT2D eigenvalue weighted by molar-refractivity contribution is 8.22. The number of hydrogen-bond donors (Lipinski definition) is 0. The van der Waals surface area contributed by atoms with Crippen molar-refractivity contribution in [1.29, 1.82) is 0 Å². The molecule has 0 aliphatic rings. The molecule has 0 aliphatic carbocycles. The van der Waals surface area contributed by atoms with Gasteiger partial charge in [0, 0.05) is 0 Å². The van der Waals surface area contributed by atoms with Gasteiger partial charge in [0.1, 0.15) is 15.1 Å². The van der Waals surface area contributed by atoms with Gasteiger partial charge in [-0.25, -0.2) is 7.56 Å². The molecule has 0 unspecified atom stereocenters. The molecule has 0 aromatic heterocycles. The van der Waals surface area contributed by atoms with Crippen LogP contribution in [-0.2, 0) is 0 Å². The van der Waals surface area contributed by atoms with Gasteiger partial charge in [-0.3, -0.25) is 0 Å². The van der Waals surface area contributed by atoms with Crippen LogP contribution in [0, 0.1) is 0 Å². The van der Waals surface area contributed by atoms with Crippen molar-refractivity contribution in [2.75, 3.05) is 0 Å². The van der Waals surface area contributed by atoms with E-state index >= 15 is 0 Å². The zero-order valence-corrected chi connectivity index (χ0v) is 5.05. The molecule has 24 valence electrons. The quantitative estimate of drug-likeness (QED) is 0.241. The molecule has 0 aliphatic heterocycles. The van der Waals surface area contributed by atoms with E-state index in [4.69, 9.17) is 0 Å². The summed E-state index contributed by atoms with van der Waals surface area (Å²) in [5, 5.41) is 0. The van der Waals surface area contributed by atoms with Crippen LogP contribution in [0.4, 0.5) is 0 Å². The molecule has 0 atom stereocenters. The number of hydrogen-bond acceptors (Lipinski definition) is 0. The molecule has 5 heavy (non-hydrogen) atoms. The Labute approximate surface area is 38.2 Å². The Balaban J connectivity index is 2.54. The smallest absolute Gasteiger partial charge is 0.113 e. The van der Waals surface area contributed by atoms with Crippen molar-refractivity contribution in [2.24, 2.45) is 0 Å². The van der Waals surface area contributed by atoms with Gasteiger partial charge in [-0.05, 0) is 0 Å². The first-order valence-corrected chi connectivity index (χ1v) is 4.34. The summed E-state index contributed by atoms with van der Waals surface area (Å²) in [6, 6.07) is 0. The Morgan fingerprint density at radius 2 is 1.60 bits per heavy atom. The van der Waals surface area contributed by atoms with Crippen molar-refractivity contribution >= 4 is 37.3 Å². The lowest BCUT2D eigenvalue weighted by atomic mass is 9.79. The Kier molecular flexibility index (Phi) is 3.30. The molecule has 0 spiro atoms. The van der Waals surface area contributed by atoms with E-state index < -0.39 is 0 Å². The normalized spacial score (nSPS) is 8.20. The summed E-state index contributed by atoms with van der Waals surface area (Å²) >= 11 is 0. The third-order valence-electron chi connectivity index (χ3n) is 0.632. The molecule has 0 fully saturated rings. The third kappa shape index (κ3) is 4.69. The summed E-state index contributed by atoms with van der Waals surface area (Å²) in [4.78, 5) is 0. The Bertz CT molecular complexity index is 17.6. The molecule has 0 saturated carbocycles. The molecule has 0 rings (SSSR count). The lowest BCUT2D eigenvalue weighted by Gasteiger charge is -1.90. The van der Waals surface area contributed by atoms with Crippen LogP contribution in [0.3, 0.4) is 0 Å². The predicted octanol–water partition coefficient (Wildman–Crippen LogP) is -2.54. The van der Waals surface area contributed by atoms with Crippen LogP contribution in [0.25, 0.3) is 0 Å². The second-order valence-corrected chi connectivity index (χ2v) is 4.19. The van der Waals surface area contributed by atoms with Crippen molar-refractivity contribution in [1.82, 2.24) is 0 Å². The molecule has 0 saturated heterocycles. The van der Waals surface area contributed by atoms with Crippen LogP contribution in [-0.4, -0.2) is 29.8 Å². The third-order valence-corrected chi connectivity index (χ3v) is 1.90. The van der Waals surface area contributed by atoms with E-state index in [2.05, 4.69) is 22.9 Å². The van der Waals surface area contributed by atoms with Gasteiger partial charge in [0.05, 0.1) is 14.6 Å². The zero-order valence-electron chi connectivity index (χ0n) is 4.15. The highest BCUT2D eigenvalue weighted by atomic mass is 31.1. The van der Waals surface area contributed by atoms with Gasteiger partial charge in [-0.2, -0.15) is 0 Å². The fourth-order valence-corrected chi connectivity index (χ4v) is 0. The molecule has 0 radical (unpaired) electrons. The van der Waals surface area contributed by atoms with Gasteiger partial charge in [-0.15, -0.1) is 0 Å². The summed E-state index contributed by atoms with van der Waals surface area (Å²) < 4.78 is 0. The SMILES string of the molecule is BBP(B)B. The van der Waals surface area contributed by atoms with Crippen LogP contribution >= 0.6 is 7.56 Å². The van der Waals surface area contributed by atoms with Crippen molar-refractivity contribution in [2.45, 2.75) is 0 Å². The average Bonchev–Trinajstić information content (AvgIpc) is 1.38. The fourth-order valence-electron chi connectivity index (χ4n) is 0. The van der Waals surface area contributed by atoms with E-state index in [0.29, 0.717) is 7.56 Å². The maximum atomic E-state index is 2.29. The van der Waals surface area contributed by atoms with E-state index in [-0.39, 0.29) is 0 Å². The Morgan fingerprint density at radius 3 is 1.60 bits per heavy atom. The van der Waals surface area contributed by atoms with Crippen LogP contribution < -0.4 is 0 Å². The van der Waals surface area contributed by atoms with Gasteiger partial charge in [-0.1, -0.05) is 0 Å².